The van der Waals surface area contributed by atoms with Gasteiger partial charge in [0.1, 0.15) is 16.3 Å². The van der Waals surface area contributed by atoms with Gasteiger partial charge in [0.2, 0.25) is 0 Å². The van der Waals surface area contributed by atoms with Crippen LogP contribution in [-0.2, 0) is 17.8 Å². The zero-order valence-electron chi connectivity index (χ0n) is 17.6. The van der Waals surface area contributed by atoms with Crippen LogP contribution in [0.3, 0.4) is 0 Å². The van der Waals surface area contributed by atoms with Gasteiger partial charge in [-0.25, -0.2) is 4.39 Å². The lowest BCUT2D eigenvalue weighted by molar-refractivity contribution is 0.459. The van der Waals surface area contributed by atoms with Gasteiger partial charge in [0.05, 0.1) is 6.04 Å². The first-order chi connectivity index (χ1) is 14.8. The Morgan fingerprint density at radius 2 is 1.84 bits per heavy atom. The van der Waals surface area contributed by atoms with E-state index in [4.69, 9.17) is 4.52 Å². The van der Waals surface area contributed by atoms with Gasteiger partial charge in [0, 0.05) is 46.2 Å². The minimum atomic E-state index is -1.42. The van der Waals surface area contributed by atoms with E-state index in [1.807, 2.05) is 69.3 Å². The Morgan fingerprint density at radius 3 is 2.58 bits per heavy atom. The standard InChI is InChI=1S/C24H24FN3O2S/c1-24(2,3)31(29)28-20(15-16-9-6-7-14-26-16)22-18(11-8-12-19(22)25)23-17-10-4-5-13-21(17)30-27-23/h4-14,20,28H,15H2,1-3H3/t20?,31-/m0/s1. The third-order valence-electron chi connectivity index (χ3n) is 4.98. The Hall–Kier alpha value is -2.74. The molecule has 0 saturated carbocycles. The van der Waals surface area contributed by atoms with Gasteiger partial charge in [0.15, 0.2) is 5.58 Å². The first kappa shape index (κ1) is 21.5. The van der Waals surface area contributed by atoms with Crippen molar-refractivity contribution in [2.75, 3.05) is 0 Å². The fourth-order valence-electron chi connectivity index (χ4n) is 3.41. The molecule has 0 radical (unpaired) electrons. The zero-order chi connectivity index (χ0) is 22.0. The maximum atomic E-state index is 15.3. The topological polar surface area (TPSA) is 74.0 Å². The molecule has 1 unspecified atom stereocenters. The molecule has 7 heteroatoms. The number of fused-ring (bicyclic) bond motifs is 1. The summed E-state index contributed by atoms with van der Waals surface area (Å²) < 4.78 is 36.4. The number of nitrogens with zero attached hydrogens (tertiary/aromatic N) is 2. The van der Waals surface area contributed by atoms with Crippen LogP contribution in [0.5, 0.6) is 0 Å². The molecule has 31 heavy (non-hydrogen) atoms. The van der Waals surface area contributed by atoms with E-state index >= 15 is 4.39 Å². The molecule has 1 N–H and O–H groups in total. The summed E-state index contributed by atoms with van der Waals surface area (Å²) >= 11 is -1.42. The average molecular weight is 438 g/mol. The molecule has 0 aliphatic carbocycles. The van der Waals surface area contributed by atoms with Crippen molar-refractivity contribution in [1.82, 2.24) is 14.9 Å². The van der Waals surface area contributed by atoms with E-state index in [1.165, 1.54) is 6.07 Å². The van der Waals surface area contributed by atoms with E-state index in [9.17, 15) is 4.55 Å². The maximum Gasteiger partial charge on any atom is 0.167 e. The number of hydrogen-bond acceptors (Lipinski definition) is 5. The van der Waals surface area contributed by atoms with Crippen LogP contribution >= 0.6 is 0 Å². The minimum absolute atomic E-state index is 0.367. The van der Waals surface area contributed by atoms with Crippen LogP contribution in [0.4, 0.5) is 4.39 Å². The average Bonchev–Trinajstić information content (AvgIpc) is 3.17. The van der Waals surface area contributed by atoms with Gasteiger partial charge in [0.25, 0.3) is 0 Å². The number of hydrogen-bond donors (Lipinski definition) is 1. The van der Waals surface area contributed by atoms with E-state index < -0.39 is 28.0 Å². The molecule has 0 fully saturated rings. The summed E-state index contributed by atoms with van der Waals surface area (Å²) in [7, 11) is 0. The van der Waals surface area contributed by atoms with Crippen LogP contribution in [0.15, 0.2) is 71.4 Å². The number of pyridine rings is 1. The normalized spacial score (nSPS) is 14.0. The second-order valence-electron chi connectivity index (χ2n) is 8.31. The highest BCUT2D eigenvalue weighted by molar-refractivity contribution is 7.90. The summed E-state index contributed by atoms with van der Waals surface area (Å²) in [5.41, 5.74) is 2.94. The van der Waals surface area contributed by atoms with Crippen molar-refractivity contribution in [2.45, 2.75) is 38.0 Å². The van der Waals surface area contributed by atoms with Crippen molar-refractivity contribution in [1.29, 1.82) is 0 Å². The van der Waals surface area contributed by atoms with Gasteiger partial charge in [-0.2, -0.15) is 0 Å². The molecule has 0 spiro atoms. The largest absolute Gasteiger partial charge is 0.598 e. The van der Waals surface area contributed by atoms with E-state index in [0.717, 1.165) is 11.1 Å². The number of halogens is 1. The second-order valence-corrected chi connectivity index (χ2v) is 10.3. The lowest BCUT2D eigenvalue weighted by Gasteiger charge is -2.29. The van der Waals surface area contributed by atoms with Crippen molar-refractivity contribution >= 4 is 22.3 Å². The zero-order valence-corrected chi connectivity index (χ0v) is 18.4. The predicted octanol–water partition coefficient (Wildman–Crippen LogP) is 5.36. The molecule has 0 aliphatic heterocycles. The fourth-order valence-corrected chi connectivity index (χ4v) is 4.23. The van der Waals surface area contributed by atoms with E-state index in [2.05, 4.69) is 14.9 Å². The number of aromatic nitrogens is 2. The maximum absolute atomic E-state index is 15.3. The molecule has 0 amide bonds. The van der Waals surface area contributed by atoms with E-state index in [-0.39, 0.29) is 0 Å². The third-order valence-corrected chi connectivity index (χ3v) is 6.59. The van der Waals surface area contributed by atoms with Gasteiger partial charge >= 0.3 is 0 Å². The number of rotatable bonds is 6. The highest BCUT2D eigenvalue weighted by Crippen LogP contribution is 2.36. The molecule has 2 heterocycles. The lowest BCUT2D eigenvalue weighted by Crippen LogP contribution is -2.42. The van der Waals surface area contributed by atoms with Gasteiger partial charge in [-0.05, 0) is 51.1 Å². The SMILES string of the molecule is CC(C)(C)[S@+]([O-])NC(Cc1ccccn1)c1c(F)cccc1-c1noc2ccccc12. The van der Waals surface area contributed by atoms with Gasteiger partial charge < -0.3 is 9.08 Å². The molecule has 0 bridgehead atoms. The number of benzene rings is 2. The summed E-state index contributed by atoms with van der Waals surface area (Å²) in [6.45, 7) is 5.63. The highest BCUT2D eigenvalue weighted by atomic mass is 32.2. The van der Waals surface area contributed by atoms with Crippen LogP contribution in [0, 0.1) is 5.82 Å². The molecular weight excluding hydrogens is 413 g/mol. The lowest BCUT2D eigenvalue weighted by atomic mass is 9.93. The molecule has 2 aromatic carbocycles. The Morgan fingerprint density at radius 1 is 1.06 bits per heavy atom. The molecule has 4 rings (SSSR count). The van der Waals surface area contributed by atoms with Gasteiger partial charge in [-0.15, -0.1) is 4.72 Å². The molecule has 4 aromatic rings. The summed E-state index contributed by atoms with van der Waals surface area (Å²) in [6.07, 6.45) is 2.06. The predicted molar refractivity (Wildman–Crippen MR) is 121 cm³/mol. The Labute approximate surface area is 184 Å². The van der Waals surface area contributed by atoms with Crippen molar-refractivity contribution < 1.29 is 13.5 Å². The number of para-hydroxylation sites is 1. The van der Waals surface area contributed by atoms with Crippen LogP contribution in [0.2, 0.25) is 0 Å². The Kier molecular flexibility index (Phi) is 6.09. The monoisotopic (exact) mass is 437 g/mol. The molecule has 160 valence electrons. The third kappa shape index (κ3) is 4.63. The summed E-state index contributed by atoms with van der Waals surface area (Å²) in [5, 5.41) is 5.02. The molecule has 0 saturated heterocycles. The molecule has 5 nitrogen and oxygen atoms in total. The van der Waals surface area contributed by atoms with Gasteiger partial charge in [-0.3, -0.25) is 4.98 Å². The van der Waals surface area contributed by atoms with E-state index in [1.54, 1.807) is 12.3 Å². The summed E-state index contributed by atoms with van der Waals surface area (Å²) in [4.78, 5) is 4.39. The summed E-state index contributed by atoms with van der Waals surface area (Å²) in [6, 6.07) is 17.3. The first-order valence-corrected chi connectivity index (χ1v) is 11.2. The fraction of sp³-hybridized carbons (Fsp3) is 0.250. The smallest absolute Gasteiger partial charge is 0.167 e. The van der Waals surface area contributed by atoms with Crippen LogP contribution < -0.4 is 4.72 Å². The van der Waals surface area contributed by atoms with Crippen LogP contribution in [-0.4, -0.2) is 19.4 Å². The van der Waals surface area contributed by atoms with Crippen LogP contribution in [0.1, 0.15) is 38.1 Å². The minimum Gasteiger partial charge on any atom is -0.598 e. The van der Waals surface area contributed by atoms with Crippen molar-refractivity contribution in [3.05, 3.63) is 83.9 Å². The highest BCUT2D eigenvalue weighted by Gasteiger charge is 2.33. The van der Waals surface area contributed by atoms with Crippen molar-refractivity contribution in [3.8, 4) is 11.3 Å². The van der Waals surface area contributed by atoms with Crippen LogP contribution in [0.25, 0.3) is 22.2 Å². The Balaban J connectivity index is 1.84. The first-order valence-electron chi connectivity index (χ1n) is 10.1. The summed E-state index contributed by atoms with van der Waals surface area (Å²) in [5.74, 6) is -0.399. The van der Waals surface area contributed by atoms with E-state index in [0.29, 0.717) is 28.8 Å². The van der Waals surface area contributed by atoms with Crippen molar-refractivity contribution in [2.24, 2.45) is 0 Å². The molecule has 2 aromatic heterocycles. The Bertz CT molecular complexity index is 1170. The number of nitrogens with one attached hydrogen (secondary N) is 1. The molecule has 0 aliphatic rings. The van der Waals surface area contributed by atoms with Crippen molar-refractivity contribution in [3.63, 3.8) is 0 Å². The quantitative estimate of drug-likeness (QED) is 0.411. The second kappa shape index (κ2) is 8.78. The van der Waals surface area contributed by atoms with Gasteiger partial charge in [-0.1, -0.05) is 35.5 Å². The molecule has 2 atom stereocenters. The molecular formula is C24H24FN3O2S.